The molecule has 0 bridgehead atoms. The summed E-state index contributed by atoms with van der Waals surface area (Å²) in [4.78, 5) is 13.6. The predicted molar refractivity (Wildman–Crippen MR) is 111 cm³/mol. The molecule has 1 amide bonds. The predicted octanol–water partition coefficient (Wildman–Crippen LogP) is 6.50. The van der Waals surface area contributed by atoms with Gasteiger partial charge in [-0.3, -0.25) is 4.79 Å². The molecule has 0 heterocycles. The Morgan fingerprint density at radius 2 is 1.54 bits per heavy atom. The van der Waals surface area contributed by atoms with Gasteiger partial charge in [0.2, 0.25) is 0 Å². The second-order valence-corrected chi connectivity index (χ2v) is 7.76. The summed E-state index contributed by atoms with van der Waals surface area (Å²) in [6, 6.07) is 21.6. The van der Waals surface area contributed by atoms with Crippen molar-refractivity contribution >= 4 is 35.0 Å². The summed E-state index contributed by atoms with van der Waals surface area (Å²) in [5.41, 5.74) is 4.93. The SMILES string of the molecule is Cc1cc(C)cc(NC(=O)c2ccc(CSc3ccc(Cl)cc3)cc2)c1. The highest BCUT2D eigenvalue weighted by molar-refractivity contribution is 7.98. The number of hydrogen-bond acceptors (Lipinski definition) is 2. The van der Waals surface area contributed by atoms with E-state index in [0.717, 1.165) is 27.6 Å². The van der Waals surface area contributed by atoms with E-state index in [1.807, 2.05) is 74.5 Å². The molecular formula is C22H20ClNOS. The number of carbonyl (C=O) groups excluding carboxylic acids is 1. The molecule has 4 heteroatoms. The van der Waals surface area contributed by atoms with E-state index in [1.54, 1.807) is 11.8 Å². The van der Waals surface area contributed by atoms with Crippen molar-refractivity contribution in [2.24, 2.45) is 0 Å². The molecule has 0 aliphatic heterocycles. The summed E-state index contributed by atoms with van der Waals surface area (Å²) >= 11 is 7.65. The van der Waals surface area contributed by atoms with Crippen LogP contribution in [0.25, 0.3) is 0 Å². The van der Waals surface area contributed by atoms with Crippen LogP contribution in [0.1, 0.15) is 27.0 Å². The molecule has 3 rings (SSSR count). The lowest BCUT2D eigenvalue weighted by Crippen LogP contribution is -2.12. The third-order valence-corrected chi connectivity index (χ3v) is 5.25. The molecule has 0 atom stereocenters. The lowest BCUT2D eigenvalue weighted by atomic mass is 10.1. The second kappa shape index (κ2) is 8.43. The lowest BCUT2D eigenvalue weighted by molar-refractivity contribution is 0.102. The lowest BCUT2D eigenvalue weighted by Gasteiger charge is -2.08. The highest BCUT2D eigenvalue weighted by Crippen LogP contribution is 2.24. The van der Waals surface area contributed by atoms with E-state index >= 15 is 0 Å². The van der Waals surface area contributed by atoms with Gasteiger partial charge in [-0.05, 0) is 79.1 Å². The molecule has 0 fully saturated rings. The molecule has 2 nitrogen and oxygen atoms in total. The van der Waals surface area contributed by atoms with Crippen molar-refractivity contribution in [3.8, 4) is 0 Å². The molecule has 1 N–H and O–H groups in total. The third kappa shape index (κ3) is 5.13. The van der Waals surface area contributed by atoms with Crippen LogP contribution in [0.3, 0.4) is 0 Å². The van der Waals surface area contributed by atoms with Gasteiger partial charge in [0, 0.05) is 26.9 Å². The smallest absolute Gasteiger partial charge is 0.255 e. The van der Waals surface area contributed by atoms with Gasteiger partial charge in [0.15, 0.2) is 0 Å². The maximum atomic E-state index is 12.4. The summed E-state index contributed by atoms with van der Waals surface area (Å²) in [5, 5.41) is 3.71. The van der Waals surface area contributed by atoms with Crippen molar-refractivity contribution in [2.75, 3.05) is 5.32 Å². The molecule has 3 aromatic rings. The highest BCUT2D eigenvalue weighted by Gasteiger charge is 2.07. The van der Waals surface area contributed by atoms with Crippen LogP contribution in [0.2, 0.25) is 5.02 Å². The number of amides is 1. The maximum absolute atomic E-state index is 12.4. The summed E-state index contributed by atoms with van der Waals surface area (Å²) in [5.74, 6) is 0.757. The van der Waals surface area contributed by atoms with Crippen molar-refractivity contribution in [1.82, 2.24) is 0 Å². The van der Waals surface area contributed by atoms with Gasteiger partial charge < -0.3 is 5.32 Å². The first-order chi connectivity index (χ1) is 12.5. The zero-order valence-corrected chi connectivity index (χ0v) is 16.3. The van der Waals surface area contributed by atoms with E-state index in [0.29, 0.717) is 5.56 Å². The zero-order valence-electron chi connectivity index (χ0n) is 14.8. The number of carbonyl (C=O) groups is 1. The molecule has 0 radical (unpaired) electrons. The fourth-order valence-corrected chi connectivity index (χ4v) is 3.68. The van der Waals surface area contributed by atoms with Crippen LogP contribution in [-0.4, -0.2) is 5.91 Å². The Morgan fingerprint density at radius 3 is 2.15 bits per heavy atom. The van der Waals surface area contributed by atoms with Crippen LogP contribution < -0.4 is 5.32 Å². The number of thioether (sulfide) groups is 1. The average Bonchev–Trinajstić information content (AvgIpc) is 2.61. The first-order valence-corrected chi connectivity index (χ1v) is 9.73. The van der Waals surface area contributed by atoms with Gasteiger partial charge in [-0.25, -0.2) is 0 Å². The number of rotatable bonds is 5. The van der Waals surface area contributed by atoms with Crippen molar-refractivity contribution in [1.29, 1.82) is 0 Å². The monoisotopic (exact) mass is 381 g/mol. The summed E-state index contributed by atoms with van der Waals surface area (Å²) in [6.45, 7) is 4.05. The van der Waals surface area contributed by atoms with Crippen LogP contribution >= 0.6 is 23.4 Å². The van der Waals surface area contributed by atoms with Crippen molar-refractivity contribution in [2.45, 2.75) is 24.5 Å². The molecule has 0 aliphatic rings. The maximum Gasteiger partial charge on any atom is 0.255 e. The van der Waals surface area contributed by atoms with E-state index < -0.39 is 0 Å². The fourth-order valence-electron chi connectivity index (χ4n) is 2.70. The Balaban J connectivity index is 1.61. The Kier molecular flexibility index (Phi) is 6.02. The van der Waals surface area contributed by atoms with E-state index in [4.69, 9.17) is 11.6 Å². The first kappa shape index (κ1) is 18.6. The molecule has 0 unspecified atom stereocenters. The second-order valence-electron chi connectivity index (χ2n) is 6.27. The standard InChI is InChI=1S/C22H20ClNOS/c1-15-11-16(2)13-20(12-15)24-22(25)18-5-3-17(4-6-18)14-26-21-9-7-19(23)8-10-21/h3-13H,14H2,1-2H3,(H,24,25). The van der Waals surface area contributed by atoms with Gasteiger partial charge in [-0.1, -0.05) is 29.8 Å². The zero-order chi connectivity index (χ0) is 18.5. The van der Waals surface area contributed by atoms with Gasteiger partial charge in [0.25, 0.3) is 5.91 Å². The Hall–Kier alpha value is -2.23. The number of anilines is 1. The van der Waals surface area contributed by atoms with E-state index in [-0.39, 0.29) is 5.91 Å². The largest absolute Gasteiger partial charge is 0.322 e. The highest BCUT2D eigenvalue weighted by atomic mass is 35.5. The summed E-state index contributed by atoms with van der Waals surface area (Å²) in [7, 11) is 0. The molecule has 0 saturated carbocycles. The van der Waals surface area contributed by atoms with E-state index in [1.165, 1.54) is 10.5 Å². The molecule has 0 aromatic heterocycles. The quantitative estimate of drug-likeness (QED) is 0.511. The van der Waals surface area contributed by atoms with Gasteiger partial charge in [0.05, 0.1) is 0 Å². The van der Waals surface area contributed by atoms with Gasteiger partial charge in [0.1, 0.15) is 0 Å². The van der Waals surface area contributed by atoms with Crippen molar-refractivity contribution in [3.63, 3.8) is 0 Å². The summed E-state index contributed by atoms with van der Waals surface area (Å²) in [6.07, 6.45) is 0. The van der Waals surface area contributed by atoms with E-state index in [9.17, 15) is 4.79 Å². The topological polar surface area (TPSA) is 29.1 Å². The van der Waals surface area contributed by atoms with Crippen LogP contribution in [0.4, 0.5) is 5.69 Å². The van der Waals surface area contributed by atoms with Crippen LogP contribution in [0.15, 0.2) is 71.6 Å². The van der Waals surface area contributed by atoms with Crippen LogP contribution in [0.5, 0.6) is 0 Å². The normalized spacial score (nSPS) is 10.6. The molecule has 0 saturated heterocycles. The number of aryl methyl sites for hydroxylation is 2. The Labute approximate surface area is 163 Å². The van der Waals surface area contributed by atoms with Gasteiger partial charge >= 0.3 is 0 Å². The van der Waals surface area contributed by atoms with Crippen molar-refractivity contribution in [3.05, 3.63) is 94.0 Å². The number of benzene rings is 3. The average molecular weight is 382 g/mol. The van der Waals surface area contributed by atoms with Gasteiger partial charge in [-0.2, -0.15) is 0 Å². The molecule has 0 aliphatic carbocycles. The number of nitrogens with one attached hydrogen (secondary N) is 1. The molecule has 3 aromatic carbocycles. The number of hydrogen-bond donors (Lipinski definition) is 1. The molecule has 26 heavy (non-hydrogen) atoms. The Bertz CT molecular complexity index is 884. The van der Waals surface area contributed by atoms with Gasteiger partial charge in [-0.15, -0.1) is 11.8 Å². The minimum absolute atomic E-state index is 0.0908. The third-order valence-electron chi connectivity index (χ3n) is 3.91. The molecule has 0 spiro atoms. The number of halogens is 1. The fraction of sp³-hybridized carbons (Fsp3) is 0.136. The first-order valence-electron chi connectivity index (χ1n) is 8.36. The van der Waals surface area contributed by atoms with Crippen LogP contribution in [-0.2, 0) is 5.75 Å². The Morgan fingerprint density at radius 1 is 0.923 bits per heavy atom. The minimum Gasteiger partial charge on any atom is -0.322 e. The molecular weight excluding hydrogens is 362 g/mol. The molecule has 132 valence electrons. The summed E-state index contributed by atoms with van der Waals surface area (Å²) < 4.78 is 0. The van der Waals surface area contributed by atoms with Crippen LogP contribution in [0, 0.1) is 13.8 Å². The van der Waals surface area contributed by atoms with Crippen molar-refractivity contribution < 1.29 is 4.79 Å². The minimum atomic E-state index is -0.0908. The van der Waals surface area contributed by atoms with E-state index in [2.05, 4.69) is 11.4 Å².